The minimum atomic E-state index is -0.206. The molecule has 0 bridgehead atoms. The number of oxazole rings is 1. The van der Waals surface area contributed by atoms with Crippen LogP contribution in [0.25, 0.3) is 0 Å². The summed E-state index contributed by atoms with van der Waals surface area (Å²) in [5, 5.41) is 0. The summed E-state index contributed by atoms with van der Waals surface area (Å²) in [7, 11) is 0. The summed E-state index contributed by atoms with van der Waals surface area (Å²) in [5.41, 5.74) is 8.55. The molecule has 0 fully saturated rings. The molecule has 5 heteroatoms. The van der Waals surface area contributed by atoms with Crippen LogP contribution in [0.2, 0.25) is 0 Å². The van der Waals surface area contributed by atoms with E-state index in [9.17, 15) is 4.79 Å². The van der Waals surface area contributed by atoms with Crippen LogP contribution < -0.4 is 10.6 Å². The fourth-order valence-electron chi connectivity index (χ4n) is 2.77. The van der Waals surface area contributed by atoms with E-state index in [0.717, 1.165) is 17.1 Å². The van der Waals surface area contributed by atoms with Gasteiger partial charge in [0.15, 0.2) is 5.89 Å². The zero-order chi connectivity index (χ0) is 19.6. The number of nitrogens with two attached hydrogens (primary N) is 1. The first-order chi connectivity index (χ1) is 12.8. The Balaban J connectivity index is 1.95. The largest absolute Gasteiger partial charge is 0.444 e. The lowest BCUT2D eigenvalue weighted by molar-refractivity contribution is -0.117. The number of nitrogen functional groups attached to an aromatic ring is 1. The molecule has 3 aromatic rings. The van der Waals surface area contributed by atoms with E-state index in [2.05, 4.69) is 4.98 Å². The molecule has 1 aromatic heterocycles. The van der Waals surface area contributed by atoms with Gasteiger partial charge < -0.3 is 10.2 Å². The molecule has 5 nitrogen and oxygen atoms in total. The molecule has 0 saturated carbocycles. The standard InChI is InChI=1S/C22H25N3O2/c1-15-19(27-21(24-15)22(2,3)4)14-20(26)25(17-8-6-5-7-9-17)18-12-10-16(23)11-13-18/h5-13H,14,23H2,1-4H3. The van der Waals surface area contributed by atoms with Gasteiger partial charge in [-0.05, 0) is 43.3 Å². The Morgan fingerprint density at radius 1 is 1.04 bits per heavy atom. The van der Waals surface area contributed by atoms with Gasteiger partial charge in [-0.3, -0.25) is 9.69 Å². The van der Waals surface area contributed by atoms with Gasteiger partial charge in [0.2, 0.25) is 5.91 Å². The van der Waals surface area contributed by atoms with Gasteiger partial charge >= 0.3 is 0 Å². The second kappa shape index (κ2) is 7.27. The monoisotopic (exact) mass is 363 g/mol. The fourth-order valence-corrected chi connectivity index (χ4v) is 2.77. The number of nitrogens with zero attached hydrogens (tertiary/aromatic N) is 2. The molecule has 140 valence electrons. The Morgan fingerprint density at radius 3 is 2.19 bits per heavy atom. The highest BCUT2D eigenvalue weighted by Gasteiger charge is 2.25. The van der Waals surface area contributed by atoms with Crippen LogP contribution in [0.4, 0.5) is 17.1 Å². The first kappa shape index (κ1) is 18.7. The van der Waals surface area contributed by atoms with E-state index in [0.29, 0.717) is 17.3 Å². The lowest BCUT2D eigenvalue weighted by atomic mass is 9.97. The van der Waals surface area contributed by atoms with Crippen LogP contribution in [-0.2, 0) is 16.6 Å². The summed E-state index contributed by atoms with van der Waals surface area (Å²) < 4.78 is 5.91. The summed E-state index contributed by atoms with van der Waals surface area (Å²) in [6.07, 6.45) is 0.133. The second-order valence-electron chi connectivity index (χ2n) is 7.61. The second-order valence-corrected chi connectivity index (χ2v) is 7.61. The highest BCUT2D eigenvalue weighted by Crippen LogP contribution is 2.29. The Labute approximate surface area is 159 Å². The van der Waals surface area contributed by atoms with E-state index in [4.69, 9.17) is 10.2 Å². The average Bonchev–Trinajstić information content (AvgIpc) is 2.99. The maximum Gasteiger partial charge on any atom is 0.239 e. The fraction of sp³-hybridized carbons (Fsp3) is 0.273. The van der Waals surface area contributed by atoms with Crippen molar-refractivity contribution in [2.45, 2.75) is 39.5 Å². The van der Waals surface area contributed by atoms with Crippen LogP contribution in [0, 0.1) is 6.92 Å². The maximum atomic E-state index is 13.2. The van der Waals surface area contributed by atoms with Crippen molar-refractivity contribution in [1.82, 2.24) is 4.98 Å². The average molecular weight is 363 g/mol. The van der Waals surface area contributed by atoms with E-state index < -0.39 is 0 Å². The number of aromatic nitrogens is 1. The molecule has 0 aliphatic heterocycles. The number of carbonyl (C=O) groups is 1. The number of para-hydroxylation sites is 1. The van der Waals surface area contributed by atoms with Crippen LogP contribution in [0.1, 0.15) is 38.1 Å². The summed E-state index contributed by atoms with van der Waals surface area (Å²) in [6.45, 7) is 7.98. The number of hydrogen-bond acceptors (Lipinski definition) is 4. The van der Waals surface area contributed by atoms with Gasteiger partial charge in [-0.2, -0.15) is 0 Å². The number of carbonyl (C=O) groups excluding carboxylic acids is 1. The van der Waals surface area contributed by atoms with Gasteiger partial charge in [-0.1, -0.05) is 39.0 Å². The van der Waals surface area contributed by atoms with E-state index >= 15 is 0 Å². The zero-order valence-corrected chi connectivity index (χ0v) is 16.2. The smallest absolute Gasteiger partial charge is 0.239 e. The van der Waals surface area contributed by atoms with Crippen molar-refractivity contribution < 1.29 is 9.21 Å². The number of hydrogen-bond donors (Lipinski definition) is 1. The third kappa shape index (κ3) is 4.19. The van der Waals surface area contributed by atoms with Gasteiger partial charge in [-0.15, -0.1) is 0 Å². The summed E-state index contributed by atoms with van der Waals surface area (Å²) in [6, 6.07) is 16.8. The maximum absolute atomic E-state index is 13.2. The van der Waals surface area contributed by atoms with Crippen molar-refractivity contribution in [1.29, 1.82) is 0 Å². The minimum Gasteiger partial charge on any atom is -0.444 e. The lowest BCUT2D eigenvalue weighted by Gasteiger charge is -2.23. The molecule has 0 atom stereocenters. The number of amides is 1. The third-order valence-corrected chi connectivity index (χ3v) is 4.26. The van der Waals surface area contributed by atoms with Crippen molar-refractivity contribution in [3.63, 3.8) is 0 Å². The highest BCUT2D eigenvalue weighted by atomic mass is 16.4. The molecule has 0 spiro atoms. The third-order valence-electron chi connectivity index (χ3n) is 4.26. The molecule has 1 heterocycles. The van der Waals surface area contributed by atoms with Crippen LogP contribution in [0.15, 0.2) is 59.0 Å². The summed E-state index contributed by atoms with van der Waals surface area (Å²) in [4.78, 5) is 19.4. The molecule has 27 heavy (non-hydrogen) atoms. The highest BCUT2D eigenvalue weighted by molar-refractivity contribution is 6.01. The van der Waals surface area contributed by atoms with Crippen molar-refractivity contribution in [3.05, 3.63) is 71.9 Å². The Hall–Kier alpha value is -3.08. The van der Waals surface area contributed by atoms with Crippen LogP contribution >= 0.6 is 0 Å². The molecule has 3 rings (SSSR count). The molecule has 1 amide bonds. The van der Waals surface area contributed by atoms with Crippen LogP contribution in [0.5, 0.6) is 0 Å². The van der Waals surface area contributed by atoms with Crippen molar-refractivity contribution >= 4 is 23.0 Å². The minimum absolute atomic E-state index is 0.0920. The predicted octanol–water partition coefficient (Wildman–Crippen LogP) is 4.77. The van der Waals surface area contributed by atoms with E-state index in [1.54, 1.807) is 17.0 Å². The van der Waals surface area contributed by atoms with Gasteiger partial charge in [-0.25, -0.2) is 4.98 Å². The van der Waals surface area contributed by atoms with Crippen LogP contribution in [0.3, 0.4) is 0 Å². The number of benzene rings is 2. The van der Waals surface area contributed by atoms with E-state index in [1.807, 2.05) is 70.2 Å². The van der Waals surface area contributed by atoms with Gasteiger partial charge in [0, 0.05) is 22.5 Å². The number of rotatable bonds is 4. The molecular formula is C22H25N3O2. The zero-order valence-electron chi connectivity index (χ0n) is 16.2. The van der Waals surface area contributed by atoms with Gasteiger partial charge in [0.05, 0.1) is 12.1 Å². The number of anilines is 3. The first-order valence-electron chi connectivity index (χ1n) is 8.96. The Morgan fingerprint density at radius 2 is 1.63 bits per heavy atom. The van der Waals surface area contributed by atoms with Crippen molar-refractivity contribution in [2.75, 3.05) is 10.6 Å². The normalized spacial score (nSPS) is 11.4. The quantitative estimate of drug-likeness (QED) is 0.678. The molecule has 2 aromatic carbocycles. The number of aryl methyl sites for hydroxylation is 1. The van der Waals surface area contributed by atoms with E-state index in [-0.39, 0.29) is 17.7 Å². The van der Waals surface area contributed by atoms with Crippen molar-refractivity contribution in [3.8, 4) is 0 Å². The molecule has 0 radical (unpaired) electrons. The van der Waals surface area contributed by atoms with Crippen molar-refractivity contribution in [2.24, 2.45) is 0 Å². The SMILES string of the molecule is Cc1nc(C(C)(C)C)oc1CC(=O)N(c1ccccc1)c1ccc(N)cc1. The topological polar surface area (TPSA) is 72.4 Å². The molecule has 0 aliphatic carbocycles. The molecule has 0 unspecified atom stereocenters. The first-order valence-corrected chi connectivity index (χ1v) is 8.96. The molecule has 0 saturated heterocycles. The van der Waals surface area contributed by atoms with Gasteiger partial charge in [0.1, 0.15) is 5.76 Å². The molecule has 0 aliphatic rings. The summed E-state index contributed by atoms with van der Waals surface area (Å²) >= 11 is 0. The lowest BCUT2D eigenvalue weighted by Crippen LogP contribution is -2.27. The van der Waals surface area contributed by atoms with Gasteiger partial charge in [0.25, 0.3) is 0 Å². The molecular weight excluding hydrogens is 338 g/mol. The Bertz CT molecular complexity index is 922. The van der Waals surface area contributed by atoms with E-state index in [1.165, 1.54) is 0 Å². The predicted molar refractivity (Wildman–Crippen MR) is 108 cm³/mol. The summed E-state index contributed by atoms with van der Waals surface area (Å²) in [5.74, 6) is 1.15. The van der Waals surface area contributed by atoms with Crippen LogP contribution in [-0.4, -0.2) is 10.9 Å². The Kier molecular flexibility index (Phi) is 5.04. The molecule has 2 N–H and O–H groups in total.